The number of carbonyl (C=O) groups is 1. The summed E-state index contributed by atoms with van der Waals surface area (Å²) in [5.74, 6) is 0.727. The van der Waals surface area contributed by atoms with E-state index in [-0.39, 0.29) is 11.5 Å². The van der Waals surface area contributed by atoms with Gasteiger partial charge in [-0.15, -0.1) is 0 Å². The Labute approximate surface area is 243 Å². The number of para-hydroxylation sites is 2. The van der Waals surface area contributed by atoms with Crippen LogP contribution in [-0.4, -0.2) is 66.7 Å². The van der Waals surface area contributed by atoms with Crippen LogP contribution in [0.4, 0.5) is 5.69 Å². The normalized spacial score (nSPS) is 13.9. The fraction of sp³-hybridized carbons (Fsp3) is 0.300. The van der Waals surface area contributed by atoms with Crippen LogP contribution in [0, 0.1) is 4.77 Å². The van der Waals surface area contributed by atoms with Crippen molar-refractivity contribution in [2.24, 2.45) is 0 Å². The van der Waals surface area contributed by atoms with Crippen LogP contribution in [0.5, 0.6) is 5.75 Å². The number of rotatable bonds is 9. The van der Waals surface area contributed by atoms with E-state index in [0.29, 0.717) is 39.3 Å². The van der Waals surface area contributed by atoms with Gasteiger partial charge in [0.05, 0.1) is 30.2 Å². The molecule has 2 N–H and O–H groups in total. The predicted octanol–water partition coefficient (Wildman–Crippen LogP) is 4.71. The first-order valence-electron chi connectivity index (χ1n) is 13.3. The Morgan fingerprint density at radius 2 is 1.80 bits per heavy atom. The molecule has 40 heavy (non-hydrogen) atoms. The third-order valence-electron chi connectivity index (χ3n) is 7.23. The summed E-state index contributed by atoms with van der Waals surface area (Å²) in [5, 5.41) is 4.12. The van der Waals surface area contributed by atoms with Gasteiger partial charge in [-0.05, 0) is 73.2 Å². The van der Waals surface area contributed by atoms with Crippen molar-refractivity contribution in [2.45, 2.75) is 13.0 Å². The average molecular weight is 578 g/mol. The first-order valence-corrected chi connectivity index (χ1v) is 14.1. The third-order valence-corrected chi connectivity index (χ3v) is 7.81. The topological polar surface area (TPSA) is 82.6 Å². The Kier molecular flexibility index (Phi) is 8.84. The Morgan fingerprint density at radius 1 is 1.05 bits per heavy atom. The van der Waals surface area contributed by atoms with Crippen molar-refractivity contribution < 1.29 is 9.53 Å². The zero-order chi connectivity index (χ0) is 28.1. The lowest BCUT2D eigenvalue weighted by atomic mass is 10.1. The molecule has 1 fully saturated rings. The number of halogens is 1. The van der Waals surface area contributed by atoms with Crippen molar-refractivity contribution in [3.63, 3.8) is 0 Å². The van der Waals surface area contributed by atoms with Crippen molar-refractivity contribution in [3.8, 4) is 5.75 Å². The Hall–Kier alpha value is -3.66. The second-order valence-corrected chi connectivity index (χ2v) is 10.6. The Balaban J connectivity index is 1.13. The summed E-state index contributed by atoms with van der Waals surface area (Å²) in [5.41, 5.74) is 2.88. The number of benzene rings is 3. The zero-order valence-corrected chi connectivity index (χ0v) is 23.9. The number of aromatic amines is 1. The molecule has 208 valence electrons. The highest BCUT2D eigenvalue weighted by atomic mass is 35.5. The first kappa shape index (κ1) is 27.9. The number of hydrogen-bond acceptors (Lipinski definition) is 6. The molecule has 0 radical (unpaired) electrons. The monoisotopic (exact) mass is 577 g/mol. The molecule has 0 spiro atoms. The van der Waals surface area contributed by atoms with Crippen LogP contribution in [0.3, 0.4) is 0 Å². The number of piperazine rings is 1. The molecule has 0 unspecified atom stereocenters. The maximum atomic E-state index is 13.1. The van der Waals surface area contributed by atoms with E-state index in [9.17, 15) is 9.59 Å². The first-order chi connectivity index (χ1) is 19.4. The van der Waals surface area contributed by atoms with E-state index in [1.165, 1.54) is 4.57 Å². The Morgan fingerprint density at radius 3 is 2.55 bits per heavy atom. The van der Waals surface area contributed by atoms with Gasteiger partial charge in [0.2, 0.25) is 0 Å². The van der Waals surface area contributed by atoms with E-state index in [0.717, 1.165) is 56.1 Å². The third kappa shape index (κ3) is 6.38. The van der Waals surface area contributed by atoms with Gasteiger partial charge in [0.25, 0.3) is 11.5 Å². The highest BCUT2D eigenvalue weighted by molar-refractivity contribution is 7.71. The van der Waals surface area contributed by atoms with Gasteiger partial charge in [0, 0.05) is 43.3 Å². The van der Waals surface area contributed by atoms with Crippen LogP contribution in [-0.2, 0) is 6.54 Å². The van der Waals surface area contributed by atoms with Gasteiger partial charge in [0.15, 0.2) is 4.77 Å². The summed E-state index contributed by atoms with van der Waals surface area (Å²) in [6.45, 7) is 5.62. The fourth-order valence-corrected chi connectivity index (χ4v) is 5.41. The van der Waals surface area contributed by atoms with Crippen LogP contribution in [0.2, 0.25) is 5.02 Å². The molecule has 10 heteroatoms. The maximum Gasteiger partial charge on any atom is 0.262 e. The van der Waals surface area contributed by atoms with Crippen molar-refractivity contribution >= 4 is 46.3 Å². The molecule has 4 aromatic rings. The second kappa shape index (κ2) is 12.7. The number of anilines is 1. The van der Waals surface area contributed by atoms with Gasteiger partial charge in [-0.2, -0.15) is 0 Å². The molecule has 1 aromatic heterocycles. The highest BCUT2D eigenvalue weighted by Crippen LogP contribution is 2.28. The second-order valence-electron chi connectivity index (χ2n) is 9.82. The molecule has 8 nitrogen and oxygen atoms in total. The van der Waals surface area contributed by atoms with E-state index < -0.39 is 0 Å². The molecule has 1 amide bonds. The number of nitrogens with zero attached hydrogens (tertiary/aromatic N) is 3. The fourth-order valence-electron chi connectivity index (χ4n) is 5.02. The smallest absolute Gasteiger partial charge is 0.262 e. The lowest BCUT2D eigenvalue weighted by Crippen LogP contribution is -2.47. The van der Waals surface area contributed by atoms with Crippen LogP contribution in [0.15, 0.2) is 71.5 Å². The lowest BCUT2D eigenvalue weighted by molar-refractivity contribution is 0.0951. The number of carbonyl (C=O) groups excluding carboxylic acids is 1. The molecular formula is C30H32ClN5O3S. The number of hydrogen-bond donors (Lipinski definition) is 2. The van der Waals surface area contributed by atoms with Crippen LogP contribution in [0.25, 0.3) is 10.9 Å². The van der Waals surface area contributed by atoms with E-state index in [1.54, 1.807) is 37.4 Å². The summed E-state index contributed by atoms with van der Waals surface area (Å²) in [4.78, 5) is 33.8. The molecule has 1 saturated heterocycles. The van der Waals surface area contributed by atoms with Gasteiger partial charge in [0.1, 0.15) is 5.75 Å². The zero-order valence-electron chi connectivity index (χ0n) is 22.4. The number of H-pyrrole nitrogens is 1. The van der Waals surface area contributed by atoms with E-state index in [2.05, 4.69) is 26.2 Å². The summed E-state index contributed by atoms with van der Waals surface area (Å²) < 4.78 is 7.32. The minimum absolute atomic E-state index is 0.174. The van der Waals surface area contributed by atoms with E-state index in [4.69, 9.17) is 28.6 Å². The molecule has 0 saturated carbocycles. The summed E-state index contributed by atoms with van der Waals surface area (Å²) >= 11 is 11.4. The SMILES string of the molecule is COc1ccccc1N1CCN(CCCNC(=O)c2ccc3c(=O)n(Cc4ccc(Cl)cc4)c(=S)[nH]c3c2)CC1. The summed E-state index contributed by atoms with van der Waals surface area (Å²) in [7, 11) is 1.70. The lowest BCUT2D eigenvalue weighted by Gasteiger charge is -2.36. The van der Waals surface area contributed by atoms with Crippen molar-refractivity contribution in [1.29, 1.82) is 0 Å². The molecule has 0 aliphatic carbocycles. The average Bonchev–Trinajstić information content (AvgIpc) is 2.98. The molecule has 1 aliphatic rings. The number of aromatic nitrogens is 2. The Bertz CT molecular complexity index is 1610. The van der Waals surface area contributed by atoms with E-state index >= 15 is 0 Å². The molecule has 3 aromatic carbocycles. The van der Waals surface area contributed by atoms with Gasteiger partial charge in [-0.3, -0.25) is 19.1 Å². The largest absolute Gasteiger partial charge is 0.495 e. The minimum atomic E-state index is -0.202. The van der Waals surface area contributed by atoms with Crippen molar-refractivity contribution in [2.75, 3.05) is 51.3 Å². The van der Waals surface area contributed by atoms with E-state index in [1.807, 2.05) is 30.3 Å². The summed E-state index contributed by atoms with van der Waals surface area (Å²) in [6, 6.07) is 20.5. The molecule has 1 aliphatic heterocycles. The molecule has 5 rings (SSSR count). The van der Waals surface area contributed by atoms with Crippen LogP contribution >= 0.6 is 23.8 Å². The minimum Gasteiger partial charge on any atom is -0.495 e. The van der Waals surface area contributed by atoms with Gasteiger partial charge < -0.3 is 19.9 Å². The number of amides is 1. The molecule has 2 heterocycles. The number of nitrogens with one attached hydrogen (secondary N) is 2. The van der Waals surface area contributed by atoms with Crippen LogP contribution < -0.4 is 20.5 Å². The molecule has 0 atom stereocenters. The quantitative estimate of drug-likeness (QED) is 0.221. The van der Waals surface area contributed by atoms with Gasteiger partial charge in [-0.25, -0.2) is 0 Å². The van der Waals surface area contributed by atoms with Crippen molar-refractivity contribution in [3.05, 3.63) is 98.0 Å². The summed E-state index contributed by atoms with van der Waals surface area (Å²) in [6.07, 6.45) is 0.853. The van der Waals surface area contributed by atoms with Gasteiger partial charge in [-0.1, -0.05) is 35.9 Å². The number of methoxy groups -OCH3 is 1. The number of ether oxygens (including phenoxy) is 1. The number of fused-ring (bicyclic) bond motifs is 1. The standard InChI is InChI=1S/C30H32ClN5O3S/c1-39-27-6-3-2-5-26(27)35-17-15-34(16-18-35)14-4-13-32-28(37)22-9-12-24-25(19-22)33-30(40)36(29(24)38)20-21-7-10-23(31)11-8-21/h2-3,5-12,19H,4,13-18,20H2,1H3,(H,32,37)(H,33,40). The van der Waals surface area contributed by atoms with Gasteiger partial charge >= 0.3 is 0 Å². The highest BCUT2D eigenvalue weighted by Gasteiger charge is 2.19. The van der Waals surface area contributed by atoms with Crippen molar-refractivity contribution in [1.82, 2.24) is 19.8 Å². The molecule has 0 bridgehead atoms. The van der Waals surface area contributed by atoms with Crippen LogP contribution in [0.1, 0.15) is 22.3 Å². The molecular weight excluding hydrogens is 546 g/mol. The maximum absolute atomic E-state index is 13.1. The predicted molar refractivity (Wildman–Crippen MR) is 163 cm³/mol.